The number of nitrogens with zero attached hydrogens (tertiary/aromatic N) is 6. The van der Waals surface area contributed by atoms with Crippen LogP contribution >= 0.6 is 0 Å². The number of benzene rings is 1. The normalized spacial score (nSPS) is 18.3. The molecule has 2 saturated heterocycles. The van der Waals surface area contributed by atoms with E-state index < -0.39 is 17.5 Å². The van der Waals surface area contributed by atoms with Crippen molar-refractivity contribution in [1.29, 1.82) is 0 Å². The van der Waals surface area contributed by atoms with E-state index in [0.717, 1.165) is 56.4 Å². The number of likely N-dealkylation sites (tertiary alicyclic amines) is 1. The van der Waals surface area contributed by atoms with Gasteiger partial charge in [-0.2, -0.15) is 15.1 Å². The van der Waals surface area contributed by atoms with E-state index in [1.807, 2.05) is 19.1 Å². The maximum Gasteiger partial charge on any atom is 0.256 e. The van der Waals surface area contributed by atoms with Crippen LogP contribution in [0, 0.1) is 18.6 Å². The predicted octanol–water partition coefficient (Wildman–Crippen LogP) is 3.00. The molecule has 2 aliphatic rings. The second-order valence-electron chi connectivity index (χ2n) is 9.42. The highest BCUT2D eigenvalue weighted by atomic mass is 19.1. The third kappa shape index (κ3) is 5.79. The minimum Gasteiger partial charge on any atom is -0.354 e. The van der Waals surface area contributed by atoms with Crippen LogP contribution in [0.15, 0.2) is 30.3 Å². The molecule has 4 heterocycles. The summed E-state index contributed by atoms with van der Waals surface area (Å²) >= 11 is 0. The zero-order chi connectivity index (χ0) is 25.9. The molecule has 2 aromatic heterocycles. The maximum atomic E-state index is 14.1. The number of nitrogens with one attached hydrogen (secondary N) is 3. The van der Waals surface area contributed by atoms with E-state index in [4.69, 9.17) is 4.98 Å². The topological polar surface area (TPSA) is 105 Å². The van der Waals surface area contributed by atoms with Gasteiger partial charge in [0.15, 0.2) is 5.82 Å². The summed E-state index contributed by atoms with van der Waals surface area (Å²) in [4.78, 5) is 28.5. The number of hydrogen-bond donors (Lipinski definition) is 3. The lowest BCUT2D eigenvalue weighted by Crippen LogP contribution is -2.46. The number of amides is 1. The van der Waals surface area contributed by atoms with Gasteiger partial charge in [0.05, 0.1) is 5.56 Å². The molecule has 196 valence electrons. The summed E-state index contributed by atoms with van der Waals surface area (Å²) < 4.78 is 27.4. The van der Waals surface area contributed by atoms with Crippen LogP contribution in [0.3, 0.4) is 0 Å². The third-order valence-electron chi connectivity index (χ3n) is 6.79. The predicted molar refractivity (Wildman–Crippen MR) is 137 cm³/mol. The van der Waals surface area contributed by atoms with Crippen molar-refractivity contribution in [2.75, 3.05) is 61.3 Å². The number of halogens is 2. The number of aromatic amines is 1. The molecule has 2 fully saturated rings. The number of rotatable bonds is 7. The first kappa shape index (κ1) is 24.9. The van der Waals surface area contributed by atoms with Gasteiger partial charge in [0, 0.05) is 69.2 Å². The van der Waals surface area contributed by atoms with Crippen molar-refractivity contribution in [2.45, 2.75) is 26.3 Å². The molecule has 0 spiro atoms. The second-order valence-corrected chi connectivity index (χ2v) is 9.42. The Bertz CT molecular complexity index is 1260. The fraction of sp³-hybridized carbons (Fsp3) is 0.440. The molecule has 2 aliphatic heterocycles. The van der Waals surface area contributed by atoms with Gasteiger partial charge >= 0.3 is 0 Å². The number of piperazine rings is 1. The fourth-order valence-corrected chi connectivity index (χ4v) is 4.71. The van der Waals surface area contributed by atoms with E-state index in [1.54, 1.807) is 4.90 Å². The first-order valence-corrected chi connectivity index (χ1v) is 12.5. The molecular weight excluding hydrogens is 480 g/mol. The molecule has 3 N–H and O–H groups in total. The SMILES string of the molecule is CCN1CCN(c2cc(Nc3cc(C)[nH]n3)nc(N[C@H]3CCN(C(=O)c4ccc(F)cc4F)C3)n2)CC1. The number of carbonyl (C=O) groups is 1. The molecule has 1 amide bonds. The number of likely N-dealkylation sites (N-methyl/N-ethyl adjacent to an activating group) is 1. The van der Waals surface area contributed by atoms with E-state index in [1.165, 1.54) is 6.07 Å². The molecule has 10 nitrogen and oxygen atoms in total. The third-order valence-corrected chi connectivity index (χ3v) is 6.79. The molecule has 1 atom stereocenters. The molecule has 3 aromatic rings. The number of H-pyrrole nitrogens is 1. The van der Waals surface area contributed by atoms with Crippen molar-refractivity contribution in [3.05, 3.63) is 53.2 Å². The number of anilines is 4. The standard InChI is InChI=1S/C25H31F2N9O/c1-3-34-8-10-35(11-9-34)23-14-21(29-22-12-16(2)32-33-22)30-25(31-23)28-18-6-7-36(15-18)24(37)19-5-4-17(26)13-20(19)27/h4-5,12-14,18H,3,6-11,15H2,1-2H3,(H3,28,29,30,31,32,33)/t18-/m0/s1. The minimum absolute atomic E-state index is 0.111. The highest BCUT2D eigenvalue weighted by Gasteiger charge is 2.29. The quantitative estimate of drug-likeness (QED) is 0.445. The van der Waals surface area contributed by atoms with E-state index in [9.17, 15) is 13.6 Å². The molecule has 0 bridgehead atoms. The Morgan fingerprint density at radius 2 is 1.89 bits per heavy atom. The van der Waals surface area contributed by atoms with E-state index in [0.29, 0.717) is 37.1 Å². The van der Waals surface area contributed by atoms with Crippen LogP contribution in [0.4, 0.5) is 32.2 Å². The molecule has 1 aromatic carbocycles. The van der Waals surface area contributed by atoms with Crippen LogP contribution in [-0.4, -0.2) is 87.7 Å². The lowest BCUT2D eigenvalue weighted by atomic mass is 10.2. The zero-order valence-electron chi connectivity index (χ0n) is 21.0. The van der Waals surface area contributed by atoms with Crippen molar-refractivity contribution < 1.29 is 13.6 Å². The Hall–Kier alpha value is -3.80. The zero-order valence-corrected chi connectivity index (χ0v) is 21.0. The molecule has 0 aliphatic carbocycles. The Kier molecular flexibility index (Phi) is 7.17. The molecule has 0 unspecified atom stereocenters. The molecule has 37 heavy (non-hydrogen) atoms. The van der Waals surface area contributed by atoms with Crippen molar-refractivity contribution in [1.82, 2.24) is 30.0 Å². The van der Waals surface area contributed by atoms with Gasteiger partial charge in [0.25, 0.3) is 5.91 Å². The van der Waals surface area contributed by atoms with Gasteiger partial charge in [-0.25, -0.2) is 8.78 Å². The summed E-state index contributed by atoms with van der Waals surface area (Å²) in [6, 6.07) is 6.71. The van der Waals surface area contributed by atoms with Crippen LogP contribution < -0.4 is 15.5 Å². The smallest absolute Gasteiger partial charge is 0.256 e. The molecule has 0 radical (unpaired) electrons. The molecule has 12 heteroatoms. The van der Waals surface area contributed by atoms with Gasteiger partial charge < -0.3 is 25.3 Å². The van der Waals surface area contributed by atoms with Crippen LogP contribution in [0.5, 0.6) is 0 Å². The summed E-state index contributed by atoms with van der Waals surface area (Å²) in [5.74, 6) is 0.489. The second kappa shape index (κ2) is 10.7. The lowest BCUT2D eigenvalue weighted by Gasteiger charge is -2.35. The Labute approximate surface area is 214 Å². The lowest BCUT2D eigenvalue weighted by molar-refractivity contribution is 0.0787. The van der Waals surface area contributed by atoms with Gasteiger partial charge in [-0.15, -0.1) is 0 Å². The maximum absolute atomic E-state index is 14.1. The molecular formula is C25H31F2N9O. The highest BCUT2D eigenvalue weighted by Crippen LogP contribution is 2.24. The number of aryl methyl sites for hydroxylation is 1. The van der Waals surface area contributed by atoms with Gasteiger partial charge in [-0.1, -0.05) is 6.92 Å². The Balaban J connectivity index is 1.31. The summed E-state index contributed by atoms with van der Waals surface area (Å²) in [5.41, 5.74) is 0.798. The minimum atomic E-state index is -0.857. The number of carbonyl (C=O) groups excluding carboxylic acids is 1. The van der Waals surface area contributed by atoms with Crippen molar-refractivity contribution in [2.24, 2.45) is 0 Å². The van der Waals surface area contributed by atoms with Gasteiger partial charge in [0.1, 0.15) is 23.3 Å². The summed E-state index contributed by atoms with van der Waals surface area (Å²) in [6.07, 6.45) is 0.651. The van der Waals surface area contributed by atoms with Crippen molar-refractivity contribution in [3.8, 4) is 0 Å². The molecule has 5 rings (SSSR count). The Morgan fingerprint density at radius 3 is 2.59 bits per heavy atom. The van der Waals surface area contributed by atoms with Crippen LogP contribution in [0.2, 0.25) is 0 Å². The van der Waals surface area contributed by atoms with Crippen LogP contribution in [0.25, 0.3) is 0 Å². The Morgan fingerprint density at radius 1 is 1.08 bits per heavy atom. The van der Waals surface area contributed by atoms with E-state index in [-0.39, 0.29) is 11.6 Å². The average Bonchev–Trinajstić information content (AvgIpc) is 3.52. The highest BCUT2D eigenvalue weighted by molar-refractivity contribution is 5.94. The number of hydrogen-bond acceptors (Lipinski definition) is 8. The van der Waals surface area contributed by atoms with Crippen LogP contribution in [-0.2, 0) is 0 Å². The van der Waals surface area contributed by atoms with Gasteiger partial charge in [-0.3, -0.25) is 9.89 Å². The van der Waals surface area contributed by atoms with E-state index >= 15 is 0 Å². The van der Waals surface area contributed by atoms with Crippen LogP contribution in [0.1, 0.15) is 29.4 Å². The summed E-state index contributed by atoms with van der Waals surface area (Å²) in [6.45, 7) is 9.57. The van der Waals surface area contributed by atoms with E-state index in [2.05, 4.69) is 42.5 Å². The van der Waals surface area contributed by atoms with Crippen molar-refractivity contribution >= 4 is 29.3 Å². The fourth-order valence-electron chi connectivity index (χ4n) is 4.71. The average molecular weight is 512 g/mol. The van der Waals surface area contributed by atoms with Crippen molar-refractivity contribution in [3.63, 3.8) is 0 Å². The number of aromatic nitrogens is 4. The summed E-state index contributed by atoms with van der Waals surface area (Å²) in [5, 5.41) is 13.8. The summed E-state index contributed by atoms with van der Waals surface area (Å²) in [7, 11) is 0. The molecule has 0 saturated carbocycles. The van der Waals surface area contributed by atoms with Gasteiger partial charge in [-0.05, 0) is 32.0 Å². The largest absolute Gasteiger partial charge is 0.354 e. The first-order valence-electron chi connectivity index (χ1n) is 12.5. The first-order chi connectivity index (χ1) is 17.9. The van der Waals surface area contributed by atoms with Gasteiger partial charge in [0.2, 0.25) is 5.95 Å². The monoisotopic (exact) mass is 511 g/mol.